The van der Waals surface area contributed by atoms with Crippen LogP contribution in [-0.2, 0) is 0 Å². The molecule has 0 aliphatic heterocycles. The molecule has 112 valence electrons. The zero-order chi connectivity index (χ0) is 15.3. The number of nitrogens with one attached hydrogen (secondary N) is 2. The molecule has 20 heavy (non-hydrogen) atoms. The van der Waals surface area contributed by atoms with Crippen LogP contribution in [0.25, 0.3) is 0 Å². The Bertz CT molecular complexity index is 456. The minimum Gasteiger partial charge on any atom is -0.388 e. The molecule has 1 rings (SSSR count). The lowest BCUT2D eigenvalue weighted by Crippen LogP contribution is -2.43. The number of carbonyl (C=O) groups excluding carboxylic acids is 1. The summed E-state index contributed by atoms with van der Waals surface area (Å²) in [5.74, 6) is 0. The Morgan fingerprint density at radius 2 is 1.65 bits per heavy atom. The lowest BCUT2D eigenvalue weighted by atomic mass is 9.98. The average molecular weight is 278 g/mol. The summed E-state index contributed by atoms with van der Waals surface area (Å²) in [6.07, 6.45) is 1.23. The van der Waals surface area contributed by atoms with Crippen molar-refractivity contribution in [1.29, 1.82) is 0 Å². The second kappa shape index (κ2) is 6.75. The second-order valence-electron chi connectivity index (χ2n) is 5.51. The molecule has 0 unspecified atom stereocenters. The van der Waals surface area contributed by atoms with Crippen molar-refractivity contribution in [1.82, 2.24) is 5.32 Å². The zero-order valence-electron chi connectivity index (χ0n) is 13.1. The third kappa shape index (κ3) is 4.23. The highest BCUT2D eigenvalue weighted by molar-refractivity contribution is 5.91. The molecular formula is C16H26N2O2. The van der Waals surface area contributed by atoms with E-state index in [1.54, 1.807) is 0 Å². The van der Waals surface area contributed by atoms with Crippen molar-refractivity contribution >= 4 is 11.7 Å². The van der Waals surface area contributed by atoms with Gasteiger partial charge < -0.3 is 15.7 Å². The van der Waals surface area contributed by atoms with Crippen molar-refractivity contribution in [2.45, 2.75) is 53.1 Å². The lowest BCUT2D eigenvalue weighted by molar-refractivity contribution is 0.0354. The quantitative estimate of drug-likeness (QED) is 0.774. The largest absolute Gasteiger partial charge is 0.388 e. The molecule has 4 heteroatoms. The van der Waals surface area contributed by atoms with Crippen molar-refractivity contribution in [3.63, 3.8) is 0 Å². The fourth-order valence-electron chi connectivity index (χ4n) is 2.28. The summed E-state index contributed by atoms with van der Waals surface area (Å²) < 4.78 is 0. The lowest BCUT2D eigenvalue weighted by Gasteiger charge is -2.25. The number of anilines is 1. The van der Waals surface area contributed by atoms with Gasteiger partial charge in [-0.1, -0.05) is 31.5 Å². The highest BCUT2D eigenvalue weighted by atomic mass is 16.3. The molecule has 0 radical (unpaired) electrons. The smallest absolute Gasteiger partial charge is 0.319 e. The van der Waals surface area contributed by atoms with Crippen LogP contribution in [0, 0.1) is 20.8 Å². The molecule has 0 aromatic heterocycles. The SMILES string of the molecule is CCC(O)(CC)CNC(=O)Nc1c(C)cc(C)cc1C. The molecule has 3 N–H and O–H groups in total. The topological polar surface area (TPSA) is 61.4 Å². The van der Waals surface area contributed by atoms with E-state index in [4.69, 9.17) is 0 Å². The molecule has 0 atom stereocenters. The summed E-state index contributed by atoms with van der Waals surface area (Å²) in [6.45, 7) is 10.1. The molecule has 0 fully saturated rings. The number of hydrogen-bond acceptors (Lipinski definition) is 2. The van der Waals surface area contributed by atoms with E-state index >= 15 is 0 Å². The van der Waals surface area contributed by atoms with Gasteiger partial charge in [-0.2, -0.15) is 0 Å². The van der Waals surface area contributed by atoms with Crippen molar-refractivity contribution in [3.8, 4) is 0 Å². The van der Waals surface area contributed by atoms with Gasteiger partial charge in [0.1, 0.15) is 0 Å². The predicted molar refractivity (Wildman–Crippen MR) is 83.2 cm³/mol. The molecule has 0 aliphatic rings. The monoisotopic (exact) mass is 278 g/mol. The Morgan fingerprint density at radius 3 is 2.10 bits per heavy atom. The minimum atomic E-state index is -0.825. The molecular weight excluding hydrogens is 252 g/mol. The van der Waals surface area contributed by atoms with Crippen molar-refractivity contribution in [2.24, 2.45) is 0 Å². The number of amides is 2. The van der Waals surface area contributed by atoms with E-state index in [-0.39, 0.29) is 12.6 Å². The zero-order valence-corrected chi connectivity index (χ0v) is 13.1. The van der Waals surface area contributed by atoms with Crippen LogP contribution in [0.15, 0.2) is 12.1 Å². The van der Waals surface area contributed by atoms with Gasteiger partial charge in [-0.3, -0.25) is 0 Å². The highest BCUT2D eigenvalue weighted by Gasteiger charge is 2.22. The normalized spacial score (nSPS) is 11.3. The standard InChI is InChI=1S/C16H26N2O2/c1-6-16(20,7-2)10-17-15(19)18-14-12(4)8-11(3)9-13(14)5/h8-9,20H,6-7,10H2,1-5H3,(H2,17,18,19). The van der Waals surface area contributed by atoms with Gasteiger partial charge in [0.2, 0.25) is 0 Å². The number of aliphatic hydroxyl groups is 1. The van der Waals surface area contributed by atoms with Crippen molar-refractivity contribution in [2.75, 3.05) is 11.9 Å². The molecule has 1 aromatic rings. The van der Waals surface area contributed by atoms with Crippen molar-refractivity contribution < 1.29 is 9.90 Å². The summed E-state index contributed by atoms with van der Waals surface area (Å²) in [7, 11) is 0. The summed E-state index contributed by atoms with van der Waals surface area (Å²) in [5.41, 5.74) is 3.27. The Labute approximate surface area is 121 Å². The number of hydrogen-bond donors (Lipinski definition) is 3. The van der Waals surface area contributed by atoms with Gasteiger partial charge >= 0.3 is 6.03 Å². The molecule has 0 heterocycles. The van der Waals surface area contributed by atoms with Crippen LogP contribution < -0.4 is 10.6 Å². The van der Waals surface area contributed by atoms with E-state index < -0.39 is 5.60 Å². The Morgan fingerprint density at radius 1 is 1.15 bits per heavy atom. The van der Waals surface area contributed by atoms with E-state index in [0.29, 0.717) is 12.8 Å². The Kier molecular flexibility index (Phi) is 5.57. The van der Waals surface area contributed by atoms with Crippen LogP contribution in [0.3, 0.4) is 0 Å². The molecule has 0 spiro atoms. The van der Waals surface area contributed by atoms with E-state index in [0.717, 1.165) is 16.8 Å². The van der Waals surface area contributed by atoms with Gasteiger partial charge in [0, 0.05) is 12.2 Å². The van der Waals surface area contributed by atoms with Crippen LogP contribution in [-0.4, -0.2) is 23.3 Å². The van der Waals surface area contributed by atoms with Gasteiger partial charge in [-0.25, -0.2) is 4.79 Å². The van der Waals surface area contributed by atoms with Gasteiger partial charge in [0.25, 0.3) is 0 Å². The van der Waals surface area contributed by atoms with Crippen molar-refractivity contribution in [3.05, 3.63) is 28.8 Å². The summed E-state index contributed by atoms with van der Waals surface area (Å²) in [6, 6.07) is 3.80. The van der Waals surface area contributed by atoms with Crippen LogP contribution in [0.5, 0.6) is 0 Å². The molecule has 0 saturated carbocycles. The number of carbonyl (C=O) groups is 1. The molecule has 0 aliphatic carbocycles. The number of benzene rings is 1. The highest BCUT2D eigenvalue weighted by Crippen LogP contribution is 2.21. The molecule has 2 amide bonds. The van der Waals surface area contributed by atoms with Gasteiger partial charge in [-0.05, 0) is 44.7 Å². The predicted octanol–water partition coefficient (Wildman–Crippen LogP) is 3.28. The Balaban J connectivity index is 2.68. The maximum absolute atomic E-state index is 11.9. The maximum Gasteiger partial charge on any atom is 0.319 e. The number of rotatable bonds is 5. The first-order chi connectivity index (χ1) is 9.31. The first-order valence-corrected chi connectivity index (χ1v) is 7.16. The number of aryl methyl sites for hydroxylation is 3. The summed E-state index contributed by atoms with van der Waals surface area (Å²) >= 11 is 0. The van der Waals surface area contributed by atoms with E-state index in [2.05, 4.69) is 10.6 Å². The fraction of sp³-hybridized carbons (Fsp3) is 0.562. The maximum atomic E-state index is 11.9. The van der Waals surface area contributed by atoms with Gasteiger partial charge in [-0.15, -0.1) is 0 Å². The van der Waals surface area contributed by atoms with Crippen LogP contribution in [0.1, 0.15) is 43.4 Å². The van der Waals surface area contributed by atoms with E-state index in [1.807, 2.05) is 46.8 Å². The van der Waals surface area contributed by atoms with E-state index in [9.17, 15) is 9.90 Å². The van der Waals surface area contributed by atoms with Crippen LogP contribution in [0.4, 0.5) is 10.5 Å². The average Bonchev–Trinajstić information content (AvgIpc) is 2.40. The molecule has 1 aromatic carbocycles. The third-order valence-corrected chi connectivity index (χ3v) is 3.81. The van der Waals surface area contributed by atoms with Crippen LogP contribution >= 0.6 is 0 Å². The minimum absolute atomic E-state index is 0.260. The van der Waals surface area contributed by atoms with Gasteiger partial charge in [0.05, 0.1) is 5.60 Å². The molecule has 4 nitrogen and oxygen atoms in total. The fourth-order valence-corrected chi connectivity index (χ4v) is 2.28. The first-order valence-electron chi connectivity index (χ1n) is 7.16. The summed E-state index contributed by atoms with van der Waals surface area (Å²) in [5, 5.41) is 15.8. The van der Waals surface area contributed by atoms with Crippen LogP contribution in [0.2, 0.25) is 0 Å². The van der Waals surface area contributed by atoms with E-state index in [1.165, 1.54) is 5.56 Å². The number of urea groups is 1. The molecule has 0 saturated heterocycles. The summed E-state index contributed by atoms with van der Waals surface area (Å²) in [4.78, 5) is 11.9. The van der Waals surface area contributed by atoms with Gasteiger partial charge in [0.15, 0.2) is 0 Å². The second-order valence-corrected chi connectivity index (χ2v) is 5.51. The Hall–Kier alpha value is -1.55. The molecule has 0 bridgehead atoms. The first kappa shape index (κ1) is 16.5. The third-order valence-electron chi connectivity index (χ3n) is 3.81.